The number of aliphatic hydroxyl groups is 1. The standard InChI is InChI=1S/C15H15NO3/c1-19-13-8-4-11(5-9-13)15(18)14(17)10-2-6-12(16)7-3-10/h2-9,14,17H,16H2,1H3. The van der Waals surface area contributed by atoms with Crippen molar-refractivity contribution >= 4 is 11.5 Å². The van der Waals surface area contributed by atoms with Crippen LogP contribution >= 0.6 is 0 Å². The second-order valence-corrected chi connectivity index (χ2v) is 4.16. The van der Waals surface area contributed by atoms with Crippen LogP contribution < -0.4 is 10.5 Å². The van der Waals surface area contributed by atoms with Crippen LogP contribution in [0.4, 0.5) is 5.69 Å². The molecule has 0 aliphatic carbocycles. The largest absolute Gasteiger partial charge is 0.497 e. The molecule has 0 aliphatic heterocycles. The SMILES string of the molecule is COc1ccc(C(=O)C(O)c2ccc(N)cc2)cc1. The number of aliphatic hydroxyl groups excluding tert-OH is 1. The third kappa shape index (κ3) is 2.92. The lowest BCUT2D eigenvalue weighted by Gasteiger charge is -2.10. The molecule has 0 heterocycles. The first-order chi connectivity index (χ1) is 9.11. The molecule has 0 saturated heterocycles. The maximum atomic E-state index is 12.1. The molecule has 98 valence electrons. The fourth-order valence-electron chi connectivity index (χ4n) is 1.74. The highest BCUT2D eigenvalue weighted by Crippen LogP contribution is 2.21. The Bertz CT molecular complexity index is 561. The highest BCUT2D eigenvalue weighted by Gasteiger charge is 2.18. The summed E-state index contributed by atoms with van der Waals surface area (Å²) in [6, 6.07) is 13.2. The Morgan fingerprint density at radius 3 is 2.21 bits per heavy atom. The highest BCUT2D eigenvalue weighted by molar-refractivity contribution is 5.99. The summed E-state index contributed by atoms with van der Waals surface area (Å²) in [6.07, 6.45) is -1.19. The zero-order valence-electron chi connectivity index (χ0n) is 10.5. The lowest BCUT2D eigenvalue weighted by Crippen LogP contribution is -2.12. The van der Waals surface area contributed by atoms with Gasteiger partial charge < -0.3 is 15.6 Å². The minimum Gasteiger partial charge on any atom is -0.497 e. The number of methoxy groups -OCH3 is 1. The van der Waals surface area contributed by atoms with Gasteiger partial charge >= 0.3 is 0 Å². The third-order valence-electron chi connectivity index (χ3n) is 2.88. The molecule has 0 spiro atoms. The number of Topliss-reactive ketones (excluding diaryl/α,β-unsaturated/α-hetero) is 1. The van der Waals surface area contributed by atoms with E-state index in [1.807, 2.05) is 0 Å². The van der Waals surface area contributed by atoms with Crippen molar-refractivity contribution in [3.8, 4) is 5.75 Å². The predicted molar refractivity (Wildman–Crippen MR) is 73.1 cm³/mol. The maximum absolute atomic E-state index is 12.1. The second-order valence-electron chi connectivity index (χ2n) is 4.16. The lowest BCUT2D eigenvalue weighted by atomic mass is 10.00. The van der Waals surface area contributed by atoms with E-state index < -0.39 is 6.10 Å². The van der Waals surface area contributed by atoms with Gasteiger partial charge in [-0.3, -0.25) is 4.79 Å². The lowest BCUT2D eigenvalue weighted by molar-refractivity contribution is 0.0747. The molecule has 0 saturated carbocycles. The topological polar surface area (TPSA) is 72.5 Å². The number of hydrogen-bond acceptors (Lipinski definition) is 4. The van der Waals surface area contributed by atoms with Crippen molar-refractivity contribution in [3.05, 3.63) is 59.7 Å². The number of hydrogen-bond donors (Lipinski definition) is 2. The molecule has 0 bridgehead atoms. The zero-order valence-corrected chi connectivity index (χ0v) is 10.5. The van der Waals surface area contributed by atoms with E-state index in [0.717, 1.165) is 0 Å². The summed E-state index contributed by atoms with van der Waals surface area (Å²) in [5.41, 5.74) is 7.11. The van der Waals surface area contributed by atoms with Gasteiger partial charge in [0.1, 0.15) is 11.9 Å². The Morgan fingerprint density at radius 1 is 1.11 bits per heavy atom. The molecule has 0 fully saturated rings. The molecule has 2 rings (SSSR count). The molecule has 0 radical (unpaired) electrons. The van der Waals surface area contributed by atoms with Crippen LogP contribution in [-0.4, -0.2) is 18.0 Å². The number of anilines is 1. The fourth-order valence-corrected chi connectivity index (χ4v) is 1.74. The minimum absolute atomic E-state index is 0.354. The molecule has 0 aliphatic rings. The van der Waals surface area contributed by atoms with Crippen LogP contribution in [0, 0.1) is 0 Å². The van der Waals surface area contributed by atoms with E-state index in [9.17, 15) is 9.90 Å². The summed E-state index contributed by atoms with van der Waals surface area (Å²) in [5, 5.41) is 10.0. The van der Waals surface area contributed by atoms with E-state index in [0.29, 0.717) is 22.6 Å². The number of ether oxygens (including phenoxy) is 1. The van der Waals surface area contributed by atoms with Crippen molar-refractivity contribution in [2.75, 3.05) is 12.8 Å². The average molecular weight is 257 g/mol. The summed E-state index contributed by atoms with van der Waals surface area (Å²) >= 11 is 0. The molecular formula is C15H15NO3. The quantitative estimate of drug-likeness (QED) is 0.650. The molecule has 2 aromatic rings. The molecule has 19 heavy (non-hydrogen) atoms. The first-order valence-corrected chi connectivity index (χ1v) is 5.83. The van der Waals surface area contributed by atoms with Gasteiger partial charge in [-0.2, -0.15) is 0 Å². The number of benzene rings is 2. The summed E-state index contributed by atoms with van der Waals surface area (Å²) in [7, 11) is 1.56. The molecule has 1 atom stereocenters. The van der Waals surface area contributed by atoms with Crippen molar-refractivity contribution in [2.24, 2.45) is 0 Å². The zero-order chi connectivity index (χ0) is 13.8. The van der Waals surface area contributed by atoms with Crippen molar-refractivity contribution in [2.45, 2.75) is 6.10 Å². The van der Waals surface area contributed by atoms with E-state index >= 15 is 0 Å². The molecule has 2 aromatic carbocycles. The predicted octanol–water partition coefficient (Wildman–Crippen LogP) is 2.19. The van der Waals surface area contributed by atoms with Crippen LogP contribution in [0.15, 0.2) is 48.5 Å². The van der Waals surface area contributed by atoms with E-state index in [2.05, 4.69) is 0 Å². The van der Waals surface area contributed by atoms with Gasteiger partial charge in [0, 0.05) is 11.3 Å². The van der Waals surface area contributed by atoms with Gasteiger partial charge in [0.2, 0.25) is 0 Å². The van der Waals surface area contributed by atoms with E-state index in [1.165, 1.54) is 0 Å². The number of nitrogens with two attached hydrogens (primary N) is 1. The first-order valence-electron chi connectivity index (χ1n) is 5.83. The van der Waals surface area contributed by atoms with Crippen LogP contribution in [0.3, 0.4) is 0 Å². The molecule has 0 amide bonds. The molecule has 0 aromatic heterocycles. The summed E-state index contributed by atoms with van der Waals surface area (Å²) < 4.78 is 5.02. The van der Waals surface area contributed by atoms with Crippen LogP contribution in [-0.2, 0) is 0 Å². The van der Waals surface area contributed by atoms with E-state index in [-0.39, 0.29) is 5.78 Å². The number of nitrogen functional groups attached to an aromatic ring is 1. The monoisotopic (exact) mass is 257 g/mol. The van der Waals surface area contributed by atoms with Gasteiger partial charge in [-0.05, 0) is 42.0 Å². The number of carbonyl (C=O) groups is 1. The number of carbonyl (C=O) groups excluding carboxylic acids is 1. The Hall–Kier alpha value is -2.33. The van der Waals surface area contributed by atoms with Crippen molar-refractivity contribution in [3.63, 3.8) is 0 Å². The number of ketones is 1. The summed E-state index contributed by atoms with van der Waals surface area (Å²) in [4.78, 5) is 12.1. The van der Waals surface area contributed by atoms with E-state index in [1.54, 1.807) is 55.6 Å². The summed E-state index contributed by atoms with van der Waals surface area (Å²) in [5.74, 6) is 0.311. The van der Waals surface area contributed by atoms with Gasteiger partial charge in [-0.15, -0.1) is 0 Å². The van der Waals surface area contributed by atoms with Crippen molar-refractivity contribution in [1.82, 2.24) is 0 Å². The Kier molecular flexibility index (Phi) is 3.82. The normalized spacial score (nSPS) is 11.9. The van der Waals surface area contributed by atoms with Gasteiger partial charge in [0.15, 0.2) is 5.78 Å². The molecule has 1 unspecified atom stereocenters. The van der Waals surface area contributed by atoms with E-state index in [4.69, 9.17) is 10.5 Å². The third-order valence-corrected chi connectivity index (χ3v) is 2.88. The second kappa shape index (κ2) is 5.54. The van der Waals surface area contributed by atoms with Crippen molar-refractivity contribution in [1.29, 1.82) is 0 Å². The maximum Gasteiger partial charge on any atom is 0.195 e. The minimum atomic E-state index is -1.19. The fraction of sp³-hybridized carbons (Fsp3) is 0.133. The smallest absolute Gasteiger partial charge is 0.195 e. The first kappa shape index (κ1) is 13.1. The Labute approximate surface area is 111 Å². The summed E-state index contributed by atoms with van der Waals surface area (Å²) in [6.45, 7) is 0. The Balaban J connectivity index is 2.20. The van der Waals surface area contributed by atoms with Crippen LogP contribution in [0.5, 0.6) is 5.75 Å². The van der Waals surface area contributed by atoms with Gasteiger partial charge in [-0.25, -0.2) is 0 Å². The molecular weight excluding hydrogens is 242 g/mol. The van der Waals surface area contributed by atoms with Gasteiger partial charge in [-0.1, -0.05) is 12.1 Å². The molecule has 3 N–H and O–H groups in total. The highest BCUT2D eigenvalue weighted by atomic mass is 16.5. The Morgan fingerprint density at radius 2 is 1.68 bits per heavy atom. The number of rotatable bonds is 4. The van der Waals surface area contributed by atoms with Gasteiger partial charge in [0.25, 0.3) is 0 Å². The van der Waals surface area contributed by atoms with Crippen LogP contribution in [0.25, 0.3) is 0 Å². The van der Waals surface area contributed by atoms with Crippen LogP contribution in [0.2, 0.25) is 0 Å². The van der Waals surface area contributed by atoms with Gasteiger partial charge in [0.05, 0.1) is 7.11 Å². The van der Waals surface area contributed by atoms with Crippen molar-refractivity contribution < 1.29 is 14.6 Å². The van der Waals surface area contributed by atoms with Crippen LogP contribution in [0.1, 0.15) is 22.0 Å². The molecule has 4 heteroatoms. The average Bonchev–Trinajstić information content (AvgIpc) is 2.46. The molecule has 4 nitrogen and oxygen atoms in total.